The number of aliphatic hydroxyl groups is 5. The number of amides is 1. The van der Waals surface area contributed by atoms with Gasteiger partial charge in [0.2, 0.25) is 5.91 Å². The Morgan fingerprint density at radius 2 is 1.02 bits per heavy atom. The van der Waals surface area contributed by atoms with E-state index in [-0.39, 0.29) is 18.9 Å². The van der Waals surface area contributed by atoms with Gasteiger partial charge in [-0.2, -0.15) is 0 Å². The summed E-state index contributed by atoms with van der Waals surface area (Å²) in [5.74, 6) is -0.262. The van der Waals surface area contributed by atoms with Crippen molar-refractivity contribution in [3.8, 4) is 0 Å². The van der Waals surface area contributed by atoms with Crippen LogP contribution in [0.2, 0.25) is 0 Å². The molecule has 0 bridgehead atoms. The zero-order chi connectivity index (χ0) is 44.4. The van der Waals surface area contributed by atoms with E-state index in [4.69, 9.17) is 9.47 Å². The van der Waals surface area contributed by atoms with Crippen molar-refractivity contribution in [2.24, 2.45) is 0 Å². The summed E-state index contributed by atoms with van der Waals surface area (Å²) in [7, 11) is 0. The predicted molar refractivity (Wildman–Crippen MR) is 253 cm³/mol. The van der Waals surface area contributed by atoms with Crippen molar-refractivity contribution >= 4 is 5.91 Å². The van der Waals surface area contributed by atoms with Gasteiger partial charge in [0.15, 0.2) is 6.29 Å². The number of hydrogen-bond acceptors (Lipinski definition) is 8. The van der Waals surface area contributed by atoms with E-state index in [9.17, 15) is 30.3 Å². The van der Waals surface area contributed by atoms with Gasteiger partial charge < -0.3 is 40.3 Å². The molecule has 1 saturated heterocycles. The number of rotatable bonds is 39. The maximum absolute atomic E-state index is 12.9. The van der Waals surface area contributed by atoms with Crippen molar-refractivity contribution in [3.63, 3.8) is 0 Å². The van der Waals surface area contributed by atoms with Crippen LogP contribution in [0.4, 0.5) is 0 Å². The fourth-order valence-electron chi connectivity index (χ4n) is 7.12. The molecule has 0 saturated carbocycles. The summed E-state index contributed by atoms with van der Waals surface area (Å²) in [6, 6.07) is -0.850. The highest BCUT2D eigenvalue weighted by Crippen LogP contribution is 2.22. The van der Waals surface area contributed by atoms with Gasteiger partial charge in [0.1, 0.15) is 24.4 Å². The average molecular weight is 856 g/mol. The van der Waals surface area contributed by atoms with Gasteiger partial charge in [-0.15, -0.1) is 0 Å². The molecule has 1 aliphatic rings. The number of carbonyl (C=O) groups is 1. The van der Waals surface area contributed by atoms with Gasteiger partial charge in [0, 0.05) is 6.42 Å². The van der Waals surface area contributed by atoms with Crippen LogP contribution >= 0.6 is 0 Å². The van der Waals surface area contributed by atoms with E-state index in [1.807, 2.05) is 18.2 Å². The summed E-state index contributed by atoms with van der Waals surface area (Å²) in [6.07, 6.45) is 50.6. The number of hydrogen-bond donors (Lipinski definition) is 6. The Morgan fingerprint density at radius 3 is 1.48 bits per heavy atom. The van der Waals surface area contributed by atoms with Crippen molar-refractivity contribution in [3.05, 3.63) is 85.1 Å². The van der Waals surface area contributed by atoms with E-state index in [1.54, 1.807) is 6.08 Å². The van der Waals surface area contributed by atoms with Gasteiger partial charge in [0.25, 0.3) is 0 Å². The molecule has 9 nitrogen and oxygen atoms in total. The molecule has 1 rings (SSSR count). The quantitative estimate of drug-likeness (QED) is 0.0264. The third-order valence-corrected chi connectivity index (χ3v) is 11.0. The van der Waals surface area contributed by atoms with Crippen molar-refractivity contribution in [1.82, 2.24) is 5.32 Å². The van der Waals surface area contributed by atoms with Gasteiger partial charge in [-0.3, -0.25) is 4.79 Å². The Bertz CT molecular complexity index is 1220. The van der Waals surface area contributed by atoms with Crippen LogP contribution in [0.25, 0.3) is 0 Å². The highest BCUT2D eigenvalue weighted by Gasteiger charge is 2.44. The molecule has 1 fully saturated rings. The normalized spacial score (nSPS) is 21.2. The average Bonchev–Trinajstić information content (AvgIpc) is 3.26. The zero-order valence-corrected chi connectivity index (χ0v) is 38.4. The van der Waals surface area contributed by atoms with Gasteiger partial charge in [-0.05, 0) is 57.8 Å². The molecule has 0 spiro atoms. The Labute approximate surface area is 371 Å². The summed E-state index contributed by atoms with van der Waals surface area (Å²) in [6.45, 7) is 3.61. The minimum Gasteiger partial charge on any atom is -0.394 e. The van der Waals surface area contributed by atoms with Crippen molar-refractivity contribution < 1.29 is 39.8 Å². The Hall–Kier alpha value is -2.63. The van der Waals surface area contributed by atoms with Crippen molar-refractivity contribution in [1.29, 1.82) is 0 Å². The first-order valence-electron chi connectivity index (χ1n) is 24.3. The van der Waals surface area contributed by atoms with Gasteiger partial charge in [-0.1, -0.05) is 202 Å². The third kappa shape index (κ3) is 31.8. The highest BCUT2D eigenvalue weighted by molar-refractivity contribution is 5.76. The lowest BCUT2D eigenvalue weighted by atomic mass is 9.99. The summed E-state index contributed by atoms with van der Waals surface area (Å²) < 4.78 is 11.2. The molecule has 0 aromatic heterocycles. The molecule has 7 atom stereocenters. The first-order valence-corrected chi connectivity index (χ1v) is 24.3. The summed E-state index contributed by atoms with van der Waals surface area (Å²) in [5, 5.41) is 54.2. The second kappa shape index (κ2) is 41.4. The molecular formula is C52H89NO8. The maximum atomic E-state index is 12.9. The number of unbranched alkanes of at least 4 members (excludes halogenated alkanes) is 17. The molecule has 1 amide bonds. The molecule has 0 aliphatic carbocycles. The van der Waals surface area contributed by atoms with Crippen LogP contribution in [-0.2, 0) is 14.3 Å². The minimum atomic E-state index is -1.58. The second-order valence-corrected chi connectivity index (χ2v) is 16.5. The molecule has 350 valence electrons. The number of aliphatic hydroxyl groups excluding tert-OH is 5. The molecular weight excluding hydrogens is 767 g/mol. The topological polar surface area (TPSA) is 149 Å². The zero-order valence-electron chi connectivity index (χ0n) is 38.4. The molecule has 0 radical (unpaired) electrons. The van der Waals surface area contributed by atoms with Gasteiger partial charge in [-0.25, -0.2) is 0 Å². The van der Waals surface area contributed by atoms with Crippen LogP contribution in [0.15, 0.2) is 85.1 Å². The standard InChI is InChI=1S/C52H89NO8/c1-3-5-7-9-11-13-15-17-19-21-23-25-27-29-31-33-35-37-39-41-46(55)45(44-60-52-51(59)50(58)49(57)47(43-54)61-52)53-48(56)42-40-38-36-34-32-30-28-26-24-22-20-18-16-14-12-10-8-6-4-2/h6,8,12,14,18,20,24,26,30,32,36,38-39,41,45-47,49-52,54-55,57-59H,3-5,7,9-11,13,15-17,19,21-23,25,27-29,31,33-35,37,40,42-44H2,1-2H3,(H,53,56)/b8-6-,14-12-,20-18-,26-24-,32-30-,38-36-,41-39+. The lowest BCUT2D eigenvalue weighted by Gasteiger charge is -2.40. The summed E-state index contributed by atoms with van der Waals surface area (Å²) >= 11 is 0. The maximum Gasteiger partial charge on any atom is 0.220 e. The van der Waals surface area contributed by atoms with E-state index in [1.165, 1.54) is 96.3 Å². The minimum absolute atomic E-state index is 0.217. The monoisotopic (exact) mass is 856 g/mol. The summed E-state index contributed by atoms with van der Waals surface area (Å²) in [4.78, 5) is 12.9. The fourth-order valence-corrected chi connectivity index (χ4v) is 7.12. The van der Waals surface area contributed by atoms with E-state index in [0.717, 1.165) is 57.8 Å². The Morgan fingerprint density at radius 1 is 0.574 bits per heavy atom. The molecule has 7 unspecified atom stereocenters. The fraction of sp³-hybridized carbons (Fsp3) is 0.712. The molecule has 9 heteroatoms. The largest absolute Gasteiger partial charge is 0.394 e. The molecule has 6 N–H and O–H groups in total. The SMILES string of the molecule is CC/C=C\C/C=C\C/C=C\C/C=C\C/C=C\C/C=C\CCC(=O)NC(COC1OC(CO)C(O)C(O)C1O)C(O)/C=C/CCCCCCCCCCCCCCCCCCC. The van der Waals surface area contributed by atoms with Crippen LogP contribution in [0.5, 0.6) is 0 Å². The first kappa shape index (κ1) is 56.4. The molecule has 1 heterocycles. The number of carbonyl (C=O) groups excluding carboxylic acids is 1. The molecule has 0 aromatic rings. The van der Waals surface area contributed by atoms with Crippen LogP contribution in [0.3, 0.4) is 0 Å². The summed E-state index contributed by atoms with van der Waals surface area (Å²) in [5.41, 5.74) is 0. The predicted octanol–water partition coefficient (Wildman–Crippen LogP) is 10.7. The van der Waals surface area contributed by atoms with E-state index < -0.39 is 49.5 Å². The second-order valence-electron chi connectivity index (χ2n) is 16.5. The molecule has 0 aromatic carbocycles. The van der Waals surface area contributed by atoms with Crippen LogP contribution < -0.4 is 5.32 Å². The van der Waals surface area contributed by atoms with Crippen molar-refractivity contribution in [2.45, 2.75) is 224 Å². The van der Waals surface area contributed by atoms with E-state index in [0.29, 0.717) is 6.42 Å². The smallest absolute Gasteiger partial charge is 0.220 e. The van der Waals surface area contributed by atoms with Crippen LogP contribution in [0, 0.1) is 0 Å². The molecule has 61 heavy (non-hydrogen) atoms. The van der Waals surface area contributed by atoms with E-state index >= 15 is 0 Å². The van der Waals surface area contributed by atoms with Crippen LogP contribution in [0.1, 0.15) is 181 Å². The van der Waals surface area contributed by atoms with Crippen LogP contribution in [-0.4, -0.2) is 87.5 Å². The van der Waals surface area contributed by atoms with Gasteiger partial charge in [0.05, 0.1) is 25.4 Å². The van der Waals surface area contributed by atoms with E-state index in [2.05, 4.69) is 79.9 Å². The number of ether oxygens (including phenoxy) is 2. The van der Waals surface area contributed by atoms with Gasteiger partial charge >= 0.3 is 0 Å². The first-order chi connectivity index (χ1) is 29.8. The Kier molecular flexibility index (Phi) is 38.3. The highest BCUT2D eigenvalue weighted by atomic mass is 16.7. The number of nitrogens with one attached hydrogen (secondary N) is 1. The lowest BCUT2D eigenvalue weighted by Crippen LogP contribution is -2.60. The number of allylic oxidation sites excluding steroid dienone is 13. The molecule has 1 aliphatic heterocycles. The van der Waals surface area contributed by atoms with Crippen molar-refractivity contribution in [2.75, 3.05) is 13.2 Å². The lowest BCUT2D eigenvalue weighted by molar-refractivity contribution is -0.302. The Balaban J connectivity index is 2.40. The third-order valence-electron chi connectivity index (χ3n) is 11.0.